The third-order valence-electron chi connectivity index (χ3n) is 5.24. The molecule has 1 fully saturated rings. The molecular weight excluding hydrogens is 399 g/mol. The summed E-state index contributed by atoms with van der Waals surface area (Å²) in [4.78, 5) is 30.8. The number of likely N-dealkylation sites (tertiary alicyclic amines) is 1. The highest BCUT2D eigenvalue weighted by molar-refractivity contribution is 5.94. The number of hydrogen-bond acceptors (Lipinski definition) is 4. The van der Waals surface area contributed by atoms with E-state index in [2.05, 4.69) is 20.7 Å². The first-order valence-corrected chi connectivity index (χ1v) is 10.1. The molecule has 2 heterocycles. The van der Waals surface area contributed by atoms with Gasteiger partial charge in [0.05, 0.1) is 5.69 Å². The smallest absolute Gasteiger partial charge is 0.319 e. The second-order valence-electron chi connectivity index (χ2n) is 7.49. The van der Waals surface area contributed by atoms with Gasteiger partial charge in [-0.15, -0.1) is 0 Å². The Bertz CT molecular complexity index is 1040. The van der Waals surface area contributed by atoms with Crippen LogP contribution in [0.5, 0.6) is 0 Å². The van der Waals surface area contributed by atoms with Crippen LogP contribution >= 0.6 is 0 Å². The van der Waals surface area contributed by atoms with Gasteiger partial charge in [-0.1, -0.05) is 6.07 Å². The first-order valence-electron chi connectivity index (χ1n) is 10.1. The number of halogens is 1. The summed E-state index contributed by atoms with van der Waals surface area (Å²) >= 11 is 0. The van der Waals surface area contributed by atoms with Crippen molar-refractivity contribution in [2.24, 2.45) is 5.92 Å². The van der Waals surface area contributed by atoms with Crippen molar-refractivity contribution in [2.75, 3.05) is 25.0 Å². The topological polar surface area (TPSA) is 92.2 Å². The zero-order chi connectivity index (χ0) is 21.6. The van der Waals surface area contributed by atoms with Crippen LogP contribution in [0.4, 0.5) is 14.9 Å². The Labute approximate surface area is 179 Å². The molecule has 0 radical (unpaired) electrons. The molecule has 0 aliphatic carbocycles. The largest absolute Gasteiger partial charge is 0.338 e. The highest BCUT2D eigenvalue weighted by Crippen LogP contribution is 2.19. The normalized spacial score (nSPS) is 16.0. The Kier molecular flexibility index (Phi) is 6.21. The summed E-state index contributed by atoms with van der Waals surface area (Å²) in [5, 5.41) is 9.51. The summed E-state index contributed by atoms with van der Waals surface area (Å²) in [5.41, 5.74) is 1.84. The van der Waals surface area contributed by atoms with Crippen molar-refractivity contribution in [3.05, 3.63) is 72.6 Å². The molecule has 160 valence electrons. The lowest BCUT2D eigenvalue weighted by Crippen LogP contribution is -2.44. The zero-order valence-corrected chi connectivity index (χ0v) is 16.9. The molecule has 0 bridgehead atoms. The number of aromatic nitrogens is 3. The Morgan fingerprint density at radius 1 is 1.16 bits per heavy atom. The van der Waals surface area contributed by atoms with Gasteiger partial charge in [-0.25, -0.2) is 18.9 Å². The van der Waals surface area contributed by atoms with E-state index >= 15 is 0 Å². The Balaban J connectivity index is 1.29. The number of nitrogens with zero attached hydrogens (tertiary/aromatic N) is 4. The number of urea groups is 1. The molecule has 3 aromatic rings. The number of benzene rings is 2. The van der Waals surface area contributed by atoms with Gasteiger partial charge in [0.1, 0.15) is 18.5 Å². The van der Waals surface area contributed by atoms with Crippen molar-refractivity contribution in [2.45, 2.75) is 12.8 Å². The molecular formula is C22H23FN6O2. The fraction of sp³-hybridized carbons (Fsp3) is 0.273. The maximum atomic E-state index is 13.2. The average molecular weight is 422 g/mol. The molecule has 1 aliphatic rings. The highest BCUT2D eigenvalue weighted by Gasteiger charge is 2.25. The molecule has 1 aliphatic heterocycles. The van der Waals surface area contributed by atoms with Gasteiger partial charge in [0.2, 0.25) is 0 Å². The number of nitrogens with one attached hydrogen (secondary N) is 2. The third-order valence-corrected chi connectivity index (χ3v) is 5.24. The van der Waals surface area contributed by atoms with Crippen molar-refractivity contribution >= 4 is 17.6 Å². The molecule has 4 rings (SSSR count). The van der Waals surface area contributed by atoms with Gasteiger partial charge in [0.25, 0.3) is 5.91 Å². The van der Waals surface area contributed by atoms with Crippen LogP contribution in [0.2, 0.25) is 0 Å². The summed E-state index contributed by atoms with van der Waals surface area (Å²) in [7, 11) is 0. The quantitative estimate of drug-likeness (QED) is 0.661. The number of amides is 3. The average Bonchev–Trinajstić information content (AvgIpc) is 3.33. The van der Waals surface area contributed by atoms with E-state index in [-0.39, 0.29) is 11.8 Å². The van der Waals surface area contributed by atoms with Gasteiger partial charge in [0, 0.05) is 30.9 Å². The van der Waals surface area contributed by atoms with Gasteiger partial charge in [-0.3, -0.25) is 4.79 Å². The molecule has 31 heavy (non-hydrogen) atoms. The van der Waals surface area contributed by atoms with Crippen LogP contribution in [0.15, 0.2) is 61.2 Å². The number of rotatable bonds is 5. The molecule has 2 aromatic carbocycles. The van der Waals surface area contributed by atoms with Crippen molar-refractivity contribution in [1.29, 1.82) is 0 Å². The van der Waals surface area contributed by atoms with Crippen molar-refractivity contribution in [3.8, 4) is 5.69 Å². The first-order chi connectivity index (χ1) is 15.1. The standard InChI is InChI=1S/C22H23FN6O2/c23-18-4-1-5-19(11-18)27-22(31)25-12-16-3-2-10-28(13-16)21(30)17-6-8-20(9-7-17)29-15-24-14-26-29/h1,4-9,11,14-16H,2-3,10,12-13H2,(H2,25,27,31). The molecule has 1 unspecified atom stereocenters. The Morgan fingerprint density at radius 2 is 2.00 bits per heavy atom. The van der Waals surface area contributed by atoms with Crippen molar-refractivity contribution < 1.29 is 14.0 Å². The number of carbonyl (C=O) groups excluding carboxylic acids is 2. The van der Waals surface area contributed by atoms with Crippen LogP contribution in [-0.4, -0.2) is 51.2 Å². The van der Waals surface area contributed by atoms with Crippen LogP contribution in [0.3, 0.4) is 0 Å². The van der Waals surface area contributed by atoms with Gasteiger partial charge >= 0.3 is 6.03 Å². The summed E-state index contributed by atoms with van der Waals surface area (Å²) < 4.78 is 14.9. The molecule has 3 amide bonds. The molecule has 0 saturated carbocycles. The van der Waals surface area contributed by atoms with Gasteiger partial charge in [-0.05, 0) is 61.2 Å². The van der Waals surface area contributed by atoms with Crippen LogP contribution in [0.1, 0.15) is 23.2 Å². The monoisotopic (exact) mass is 422 g/mol. The Hall–Kier alpha value is -3.75. The summed E-state index contributed by atoms with van der Waals surface area (Å²) in [5.74, 6) is -0.280. The van der Waals surface area contributed by atoms with E-state index in [1.807, 2.05) is 17.0 Å². The van der Waals surface area contributed by atoms with E-state index in [4.69, 9.17) is 0 Å². The third kappa shape index (κ3) is 5.25. The van der Waals surface area contributed by atoms with E-state index in [9.17, 15) is 14.0 Å². The summed E-state index contributed by atoms with van der Waals surface area (Å²) in [6.07, 6.45) is 4.86. The predicted molar refractivity (Wildman–Crippen MR) is 113 cm³/mol. The number of anilines is 1. The van der Waals surface area contributed by atoms with Crippen LogP contribution in [0.25, 0.3) is 5.69 Å². The lowest BCUT2D eigenvalue weighted by molar-refractivity contribution is 0.0675. The van der Waals surface area contributed by atoms with E-state index < -0.39 is 11.8 Å². The van der Waals surface area contributed by atoms with Crippen LogP contribution in [-0.2, 0) is 0 Å². The summed E-state index contributed by atoms with van der Waals surface area (Å²) in [6.45, 7) is 1.70. The fourth-order valence-electron chi connectivity index (χ4n) is 3.68. The number of carbonyl (C=O) groups is 2. The molecule has 0 spiro atoms. The maximum absolute atomic E-state index is 13.2. The minimum absolute atomic E-state index is 0.0287. The summed E-state index contributed by atoms with van der Waals surface area (Å²) in [6, 6.07) is 12.6. The molecule has 1 atom stereocenters. The lowest BCUT2D eigenvalue weighted by Gasteiger charge is -2.33. The second kappa shape index (κ2) is 9.38. The van der Waals surface area contributed by atoms with Gasteiger partial charge in [-0.2, -0.15) is 5.10 Å². The van der Waals surface area contributed by atoms with Crippen LogP contribution < -0.4 is 10.6 Å². The lowest BCUT2D eigenvalue weighted by atomic mass is 9.97. The van der Waals surface area contributed by atoms with E-state index in [1.54, 1.807) is 29.2 Å². The Morgan fingerprint density at radius 3 is 2.74 bits per heavy atom. The van der Waals surface area contributed by atoms with E-state index in [0.717, 1.165) is 18.5 Å². The SMILES string of the molecule is O=C(NCC1CCCN(C(=O)c2ccc(-n3cncn3)cc2)C1)Nc1cccc(F)c1. The number of piperidine rings is 1. The number of hydrogen-bond donors (Lipinski definition) is 2. The minimum Gasteiger partial charge on any atom is -0.338 e. The van der Waals surface area contributed by atoms with Gasteiger partial charge in [0.15, 0.2) is 0 Å². The van der Waals surface area contributed by atoms with E-state index in [1.165, 1.54) is 24.5 Å². The maximum Gasteiger partial charge on any atom is 0.319 e. The zero-order valence-electron chi connectivity index (χ0n) is 16.9. The second-order valence-corrected chi connectivity index (χ2v) is 7.49. The molecule has 1 saturated heterocycles. The molecule has 8 nitrogen and oxygen atoms in total. The molecule has 9 heteroatoms. The molecule has 2 N–H and O–H groups in total. The molecule has 1 aromatic heterocycles. The van der Waals surface area contributed by atoms with Crippen molar-refractivity contribution in [1.82, 2.24) is 25.0 Å². The van der Waals surface area contributed by atoms with Gasteiger partial charge < -0.3 is 15.5 Å². The van der Waals surface area contributed by atoms with E-state index in [0.29, 0.717) is 30.9 Å². The fourth-order valence-corrected chi connectivity index (χ4v) is 3.68. The highest BCUT2D eigenvalue weighted by atomic mass is 19.1. The van der Waals surface area contributed by atoms with Crippen LogP contribution in [0, 0.1) is 11.7 Å². The predicted octanol–water partition coefficient (Wildman–Crippen LogP) is 3.08. The van der Waals surface area contributed by atoms with Crippen molar-refractivity contribution in [3.63, 3.8) is 0 Å². The first kappa shape index (κ1) is 20.5. The minimum atomic E-state index is -0.409.